The lowest BCUT2D eigenvalue weighted by Crippen LogP contribution is -2.18. The molecule has 0 fully saturated rings. The van der Waals surface area contributed by atoms with E-state index in [0.717, 1.165) is 0 Å². The highest BCUT2D eigenvalue weighted by molar-refractivity contribution is 7.53. The maximum absolute atomic E-state index is 12.5. The fourth-order valence-electron chi connectivity index (χ4n) is 1.66. The van der Waals surface area contributed by atoms with E-state index in [1.54, 1.807) is 0 Å². The zero-order chi connectivity index (χ0) is 15.1. The fraction of sp³-hybridized carbons (Fsp3) is 1.00. The van der Waals surface area contributed by atoms with Crippen molar-refractivity contribution in [1.82, 2.24) is 0 Å². The third-order valence-corrected chi connectivity index (χ3v) is 4.26. The van der Waals surface area contributed by atoms with Crippen molar-refractivity contribution in [2.45, 2.75) is 66.3 Å². The van der Waals surface area contributed by atoms with Crippen LogP contribution in [0.15, 0.2) is 0 Å². The maximum atomic E-state index is 12.5. The average Bonchev–Trinajstić information content (AvgIpc) is 2.24. The first-order valence-corrected chi connectivity index (χ1v) is 8.59. The molecule has 0 aliphatic carbocycles. The zero-order valence-corrected chi connectivity index (χ0v) is 13.9. The van der Waals surface area contributed by atoms with Gasteiger partial charge in [0.1, 0.15) is 6.35 Å². The highest BCUT2D eigenvalue weighted by Gasteiger charge is 2.29. The molecule has 0 radical (unpaired) electrons. The highest BCUT2D eigenvalue weighted by atomic mass is 31.2. The summed E-state index contributed by atoms with van der Waals surface area (Å²) in [5.41, 5.74) is 0. The van der Waals surface area contributed by atoms with Gasteiger partial charge in [-0.05, 0) is 47.0 Å². The molecular formula is C13H29O5P. The summed E-state index contributed by atoms with van der Waals surface area (Å²) in [5, 5.41) is 8.99. The summed E-state index contributed by atoms with van der Waals surface area (Å²) in [6.07, 6.45) is 0.199. The molecule has 2 atom stereocenters. The molecular weight excluding hydrogens is 267 g/mol. The van der Waals surface area contributed by atoms with Crippen molar-refractivity contribution < 1.29 is 23.5 Å². The van der Waals surface area contributed by atoms with Crippen LogP contribution in [-0.4, -0.2) is 36.4 Å². The standard InChI is InChI=1S/C13H29O5P/c1-10(2)17-19(15,18-11(3)4)9-16-13(6)7-12(5)8-14/h10-14H,7-9H2,1-6H3/t12?,13-/m0/s1. The second-order valence-corrected chi connectivity index (χ2v) is 7.45. The summed E-state index contributed by atoms with van der Waals surface area (Å²) in [6, 6.07) is 0. The van der Waals surface area contributed by atoms with Crippen LogP contribution >= 0.6 is 7.60 Å². The van der Waals surface area contributed by atoms with Crippen LogP contribution in [0.3, 0.4) is 0 Å². The first-order valence-electron chi connectivity index (χ1n) is 6.86. The lowest BCUT2D eigenvalue weighted by atomic mass is 10.1. The van der Waals surface area contributed by atoms with Gasteiger partial charge >= 0.3 is 7.60 Å². The van der Waals surface area contributed by atoms with E-state index < -0.39 is 7.60 Å². The minimum Gasteiger partial charge on any atom is -0.396 e. The molecule has 0 heterocycles. The molecule has 0 saturated carbocycles. The summed E-state index contributed by atoms with van der Waals surface area (Å²) in [7, 11) is -3.22. The van der Waals surface area contributed by atoms with Gasteiger partial charge in [-0.3, -0.25) is 4.57 Å². The van der Waals surface area contributed by atoms with E-state index in [-0.39, 0.29) is 37.2 Å². The predicted octanol–water partition coefficient (Wildman–Crippen LogP) is 3.41. The van der Waals surface area contributed by atoms with Gasteiger partial charge in [-0.2, -0.15) is 0 Å². The Morgan fingerprint density at radius 1 is 1.00 bits per heavy atom. The van der Waals surface area contributed by atoms with Gasteiger partial charge in [0.05, 0.1) is 18.3 Å². The SMILES string of the molecule is CC(CO)C[C@H](C)OCP(=O)(OC(C)C)OC(C)C. The van der Waals surface area contributed by atoms with Crippen molar-refractivity contribution in [2.75, 3.05) is 13.0 Å². The summed E-state index contributed by atoms with van der Waals surface area (Å²) >= 11 is 0. The number of aliphatic hydroxyl groups excluding tert-OH is 1. The van der Waals surface area contributed by atoms with Crippen LogP contribution in [0.4, 0.5) is 0 Å². The number of aliphatic hydroxyl groups is 1. The van der Waals surface area contributed by atoms with E-state index in [0.29, 0.717) is 6.42 Å². The van der Waals surface area contributed by atoms with Crippen LogP contribution in [0.5, 0.6) is 0 Å². The maximum Gasteiger partial charge on any atom is 0.356 e. The molecule has 0 rings (SSSR count). The van der Waals surface area contributed by atoms with Crippen molar-refractivity contribution in [2.24, 2.45) is 5.92 Å². The van der Waals surface area contributed by atoms with Gasteiger partial charge in [0, 0.05) is 6.61 Å². The number of rotatable bonds is 10. The van der Waals surface area contributed by atoms with Gasteiger partial charge in [0.15, 0.2) is 0 Å². The number of hydrogen-bond donors (Lipinski definition) is 1. The summed E-state index contributed by atoms with van der Waals surface area (Å²) < 4.78 is 28.8. The van der Waals surface area contributed by atoms with Crippen LogP contribution in [0.25, 0.3) is 0 Å². The van der Waals surface area contributed by atoms with E-state index in [1.165, 1.54) is 0 Å². The Bertz CT molecular complexity index is 266. The molecule has 0 spiro atoms. The lowest BCUT2D eigenvalue weighted by Gasteiger charge is -2.24. The van der Waals surface area contributed by atoms with E-state index in [2.05, 4.69) is 0 Å². The van der Waals surface area contributed by atoms with Crippen LogP contribution in [0, 0.1) is 5.92 Å². The predicted molar refractivity (Wildman–Crippen MR) is 76.3 cm³/mol. The molecule has 0 saturated heterocycles. The van der Waals surface area contributed by atoms with Crippen LogP contribution in [0.2, 0.25) is 0 Å². The van der Waals surface area contributed by atoms with Gasteiger partial charge in [0.2, 0.25) is 0 Å². The van der Waals surface area contributed by atoms with Crippen molar-refractivity contribution in [3.8, 4) is 0 Å². The average molecular weight is 296 g/mol. The van der Waals surface area contributed by atoms with Gasteiger partial charge in [0.25, 0.3) is 0 Å². The Morgan fingerprint density at radius 3 is 1.84 bits per heavy atom. The van der Waals surface area contributed by atoms with Crippen LogP contribution in [-0.2, 0) is 18.3 Å². The molecule has 0 aromatic heterocycles. The highest BCUT2D eigenvalue weighted by Crippen LogP contribution is 2.50. The minimum atomic E-state index is -3.22. The molecule has 116 valence electrons. The van der Waals surface area contributed by atoms with Crippen molar-refractivity contribution >= 4 is 7.60 Å². The Hall–Kier alpha value is 0.0700. The zero-order valence-electron chi connectivity index (χ0n) is 13.0. The van der Waals surface area contributed by atoms with E-state index in [4.69, 9.17) is 18.9 Å². The molecule has 1 unspecified atom stereocenters. The summed E-state index contributed by atoms with van der Waals surface area (Å²) in [6.45, 7) is 11.2. The monoisotopic (exact) mass is 296 g/mol. The first-order chi connectivity index (χ1) is 8.68. The second-order valence-electron chi connectivity index (χ2n) is 5.55. The first kappa shape index (κ1) is 19.1. The largest absolute Gasteiger partial charge is 0.396 e. The summed E-state index contributed by atoms with van der Waals surface area (Å²) in [4.78, 5) is 0. The van der Waals surface area contributed by atoms with Crippen LogP contribution in [0.1, 0.15) is 48.0 Å². The van der Waals surface area contributed by atoms with Gasteiger partial charge in [-0.15, -0.1) is 0 Å². The number of hydrogen-bond acceptors (Lipinski definition) is 5. The molecule has 0 aromatic carbocycles. The molecule has 0 amide bonds. The normalized spacial score (nSPS) is 16.1. The smallest absolute Gasteiger partial charge is 0.356 e. The van der Waals surface area contributed by atoms with E-state index >= 15 is 0 Å². The van der Waals surface area contributed by atoms with Crippen molar-refractivity contribution in [3.05, 3.63) is 0 Å². The lowest BCUT2D eigenvalue weighted by molar-refractivity contribution is 0.0456. The van der Waals surface area contributed by atoms with Gasteiger partial charge in [-0.25, -0.2) is 0 Å². The minimum absolute atomic E-state index is 0.0529. The molecule has 5 nitrogen and oxygen atoms in total. The van der Waals surface area contributed by atoms with Gasteiger partial charge < -0.3 is 18.9 Å². The Labute approximate surface area is 117 Å². The quantitative estimate of drug-likeness (QED) is 0.626. The summed E-state index contributed by atoms with van der Waals surface area (Å²) in [5.74, 6) is 0.159. The Kier molecular flexibility index (Phi) is 9.12. The third-order valence-electron chi connectivity index (χ3n) is 2.31. The third kappa shape index (κ3) is 9.58. The van der Waals surface area contributed by atoms with Crippen molar-refractivity contribution in [3.63, 3.8) is 0 Å². The molecule has 19 heavy (non-hydrogen) atoms. The molecule has 0 aliphatic rings. The van der Waals surface area contributed by atoms with Crippen molar-refractivity contribution in [1.29, 1.82) is 0 Å². The molecule has 6 heteroatoms. The Morgan fingerprint density at radius 2 is 1.47 bits per heavy atom. The van der Waals surface area contributed by atoms with E-state index in [1.807, 2.05) is 41.5 Å². The topological polar surface area (TPSA) is 65.0 Å². The Balaban J connectivity index is 4.37. The number of ether oxygens (including phenoxy) is 1. The molecule has 0 aromatic rings. The fourth-order valence-corrected chi connectivity index (χ4v) is 3.55. The van der Waals surface area contributed by atoms with E-state index in [9.17, 15) is 4.57 Å². The van der Waals surface area contributed by atoms with Gasteiger partial charge in [-0.1, -0.05) is 6.92 Å². The molecule has 1 N–H and O–H groups in total. The molecule has 0 aliphatic heterocycles. The second kappa shape index (κ2) is 9.09. The molecule has 0 bridgehead atoms. The van der Waals surface area contributed by atoms with Crippen LogP contribution < -0.4 is 0 Å².